The minimum absolute atomic E-state index is 0.0448. The van der Waals surface area contributed by atoms with Crippen LogP contribution in [0, 0.1) is 0 Å². The van der Waals surface area contributed by atoms with Crippen molar-refractivity contribution in [3.63, 3.8) is 0 Å². The summed E-state index contributed by atoms with van der Waals surface area (Å²) in [7, 11) is -3.38. The van der Waals surface area contributed by atoms with Crippen LogP contribution in [0.3, 0.4) is 0 Å². The molecule has 0 saturated heterocycles. The van der Waals surface area contributed by atoms with Gasteiger partial charge in [-0.05, 0) is 6.42 Å². The molecule has 0 fully saturated rings. The molecule has 1 aliphatic carbocycles. The predicted molar refractivity (Wildman–Crippen MR) is 69.1 cm³/mol. The first-order valence-electron chi connectivity index (χ1n) is 4.63. The van der Waals surface area contributed by atoms with Gasteiger partial charge in [0.15, 0.2) is 0 Å². The fourth-order valence-electron chi connectivity index (χ4n) is 1.25. The Kier molecular flexibility index (Phi) is 4.97. The maximum atomic E-state index is 11.7. The molecule has 0 saturated carbocycles. The smallest absolute Gasteiger partial charge is 0.217 e. The standard InChI is InChI=1S/C9H8Cl3NO4S/c1-18(16,17)13-3-2-4-5(10)9(15)7(12)6(11)8(4)14/h13H,2-3H2,1H3. The van der Waals surface area contributed by atoms with E-state index in [0.717, 1.165) is 6.26 Å². The van der Waals surface area contributed by atoms with Crippen LogP contribution in [0.15, 0.2) is 20.7 Å². The molecular formula is C9H8Cl3NO4S. The van der Waals surface area contributed by atoms with Crippen molar-refractivity contribution in [1.82, 2.24) is 4.72 Å². The highest BCUT2D eigenvalue weighted by Crippen LogP contribution is 2.32. The molecule has 0 aromatic heterocycles. The van der Waals surface area contributed by atoms with E-state index in [2.05, 4.69) is 4.72 Å². The Bertz CT molecular complexity index is 577. The Labute approximate surface area is 119 Å². The SMILES string of the molecule is CS(=O)(=O)NCCC1=C(Cl)C(=O)C(Cl)=C(Cl)C1=O. The molecule has 0 spiro atoms. The van der Waals surface area contributed by atoms with Gasteiger partial charge in [-0.25, -0.2) is 13.1 Å². The fraction of sp³-hybridized carbons (Fsp3) is 0.333. The molecule has 1 aliphatic rings. The molecule has 0 atom stereocenters. The molecule has 9 heteroatoms. The first-order valence-corrected chi connectivity index (χ1v) is 7.65. The third kappa shape index (κ3) is 3.55. The number of halogens is 3. The fourth-order valence-corrected chi connectivity index (χ4v) is 2.43. The lowest BCUT2D eigenvalue weighted by molar-refractivity contribution is -0.115. The summed E-state index contributed by atoms with van der Waals surface area (Å²) in [6.45, 7) is -0.0643. The molecule has 0 aromatic rings. The quantitative estimate of drug-likeness (QED) is 0.786. The van der Waals surface area contributed by atoms with Crippen molar-refractivity contribution < 1.29 is 18.0 Å². The van der Waals surface area contributed by atoms with Crippen molar-refractivity contribution in [2.45, 2.75) is 6.42 Å². The lowest BCUT2D eigenvalue weighted by atomic mass is 10.00. The molecule has 0 heterocycles. The lowest BCUT2D eigenvalue weighted by Crippen LogP contribution is -2.26. The third-order valence-electron chi connectivity index (χ3n) is 2.07. The van der Waals surface area contributed by atoms with Crippen molar-refractivity contribution in [2.24, 2.45) is 0 Å². The van der Waals surface area contributed by atoms with Crippen LogP contribution in [-0.4, -0.2) is 32.8 Å². The monoisotopic (exact) mass is 331 g/mol. The van der Waals surface area contributed by atoms with E-state index in [1.165, 1.54) is 0 Å². The summed E-state index contributed by atoms with van der Waals surface area (Å²) in [5.41, 5.74) is -0.0489. The average Bonchev–Trinajstić information content (AvgIpc) is 2.27. The summed E-state index contributed by atoms with van der Waals surface area (Å²) in [5.74, 6) is -1.40. The van der Waals surface area contributed by atoms with Crippen molar-refractivity contribution in [1.29, 1.82) is 0 Å². The van der Waals surface area contributed by atoms with Crippen molar-refractivity contribution in [3.8, 4) is 0 Å². The molecule has 18 heavy (non-hydrogen) atoms. The van der Waals surface area contributed by atoms with E-state index in [0.29, 0.717) is 0 Å². The average molecular weight is 333 g/mol. The Morgan fingerprint density at radius 1 is 1.00 bits per heavy atom. The van der Waals surface area contributed by atoms with Gasteiger partial charge in [0.05, 0.1) is 11.3 Å². The van der Waals surface area contributed by atoms with E-state index < -0.39 is 31.7 Å². The topological polar surface area (TPSA) is 80.3 Å². The highest BCUT2D eigenvalue weighted by atomic mass is 35.5. The molecule has 0 radical (unpaired) electrons. The maximum Gasteiger partial charge on any atom is 0.217 e. The Morgan fingerprint density at radius 2 is 1.50 bits per heavy atom. The van der Waals surface area contributed by atoms with E-state index in [1.807, 2.05) is 0 Å². The van der Waals surface area contributed by atoms with Crippen molar-refractivity contribution in [3.05, 3.63) is 20.7 Å². The van der Waals surface area contributed by atoms with Crippen LogP contribution in [0.2, 0.25) is 0 Å². The van der Waals surface area contributed by atoms with Crippen LogP contribution < -0.4 is 4.72 Å². The van der Waals surface area contributed by atoms with Gasteiger partial charge in [-0.2, -0.15) is 0 Å². The second kappa shape index (κ2) is 5.71. The molecule has 1 rings (SSSR count). The molecular weight excluding hydrogens is 325 g/mol. The molecule has 0 unspecified atom stereocenters. The predicted octanol–water partition coefficient (Wildman–Crippen LogP) is 1.26. The Balaban J connectivity index is 2.89. The number of hydrogen-bond acceptors (Lipinski definition) is 4. The summed E-state index contributed by atoms with van der Waals surface area (Å²) in [4.78, 5) is 23.2. The first-order chi connectivity index (χ1) is 8.15. The molecule has 0 aliphatic heterocycles. The van der Waals surface area contributed by atoms with Gasteiger partial charge in [-0.3, -0.25) is 9.59 Å². The van der Waals surface area contributed by atoms with E-state index in [9.17, 15) is 18.0 Å². The van der Waals surface area contributed by atoms with E-state index in [4.69, 9.17) is 34.8 Å². The first kappa shape index (κ1) is 15.7. The van der Waals surface area contributed by atoms with Crippen LogP contribution in [0.1, 0.15) is 6.42 Å². The van der Waals surface area contributed by atoms with Crippen LogP contribution >= 0.6 is 34.8 Å². The molecule has 0 aromatic carbocycles. The zero-order valence-electron chi connectivity index (χ0n) is 9.09. The van der Waals surface area contributed by atoms with Gasteiger partial charge in [-0.15, -0.1) is 0 Å². The molecule has 0 bridgehead atoms. The Morgan fingerprint density at radius 3 is 2.00 bits per heavy atom. The number of rotatable bonds is 4. The summed E-state index contributed by atoms with van der Waals surface area (Å²) >= 11 is 16.8. The largest absolute Gasteiger partial charge is 0.288 e. The summed E-state index contributed by atoms with van der Waals surface area (Å²) in [6, 6.07) is 0. The van der Waals surface area contributed by atoms with Gasteiger partial charge < -0.3 is 0 Å². The highest BCUT2D eigenvalue weighted by molar-refractivity contribution is 7.88. The zero-order chi connectivity index (χ0) is 14.1. The molecule has 1 N–H and O–H groups in total. The number of sulfonamides is 1. The van der Waals surface area contributed by atoms with E-state index >= 15 is 0 Å². The molecule has 5 nitrogen and oxygen atoms in total. The van der Waals surface area contributed by atoms with Crippen molar-refractivity contribution >= 4 is 56.4 Å². The lowest BCUT2D eigenvalue weighted by Gasteiger charge is -2.14. The minimum Gasteiger partial charge on any atom is -0.288 e. The van der Waals surface area contributed by atoms with Gasteiger partial charge in [-0.1, -0.05) is 34.8 Å². The zero-order valence-corrected chi connectivity index (χ0v) is 12.2. The van der Waals surface area contributed by atoms with Gasteiger partial charge in [0, 0.05) is 12.1 Å². The van der Waals surface area contributed by atoms with Gasteiger partial charge >= 0.3 is 0 Å². The van der Waals surface area contributed by atoms with E-state index in [1.54, 1.807) is 0 Å². The number of carbonyl (C=O) groups is 2. The van der Waals surface area contributed by atoms with Crippen LogP contribution in [0.5, 0.6) is 0 Å². The second-order valence-corrected chi connectivity index (χ2v) is 6.46. The van der Waals surface area contributed by atoms with Gasteiger partial charge in [0.1, 0.15) is 10.1 Å². The maximum absolute atomic E-state index is 11.7. The van der Waals surface area contributed by atoms with E-state index in [-0.39, 0.29) is 23.6 Å². The number of allylic oxidation sites excluding steroid dienone is 3. The molecule has 100 valence electrons. The number of hydrogen-bond donors (Lipinski definition) is 1. The van der Waals surface area contributed by atoms with Crippen LogP contribution in [0.4, 0.5) is 0 Å². The summed E-state index contributed by atoms with van der Waals surface area (Å²) in [5, 5.41) is -1.16. The summed E-state index contributed by atoms with van der Waals surface area (Å²) in [6.07, 6.45) is 0.928. The van der Waals surface area contributed by atoms with Crippen molar-refractivity contribution in [2.75, 3.05) is 12.8 Å². The number of Topliss-reactive ketones (excluding diaryl/α,β-unsaturated/α-hetero) is 2. The normalized spacial score (nSPS) is 17.8. The number of carbonyl (C=O) groups excluding carboxylic acids is 2. The summed E-state index contributed by atoms with van der Waals surface area (Å²) < 4.78 is 23.9. The third-order valence-corrected chi connectivity index (χ3v) is 4.02. The van der Waals surface area contributed by atoms with Gasteiger partial charge in [0.25, 0.3) is 0 Å². The number of ketones is 2. The second-order valence-electron chi connectivity index (χ2n) is 3.50. The minimum atomic E-state index is -3.38. The molecule has 0 amide bonds. The van der Waals surface area contributed by atoms with Crippen LogP contribution in [0.25, 0.3) is 0 Å². The van der Waals surface area contributed by atoms with Gasteiger partial charge in [0.2, 0.25) is 21.6 Å². The highest BCUT2D eigenvalue weighted by Gasteiger charge is 2.31. The van der Waals surface area contributed by atoms with Crippen LogP contribution in [-0.2, 0) is 19.6 Å². The number of nitrogens with one attached hydrogen (secondary N) is 1. The Hall–Kier alpha value is -0.400.